The molecule has 1 rings (SSSR count). The summed E-state index contributed by atoms with van der Waals surface area (Å²) < 4.78 is 1.69. The molecule has 0 spiro atoms. The molecule has 0 saturated heterocycles. The molecule has 0 bridgehead atoms. The third-order valence-corrected chi connectivity index (χ3v) is 2.86. The fourth-order valence-electron chi connectivity index (χ4n) is 1.60. The first-order chi connectivity index (χ1) is 7.43. The molecule has 0 fully saturated rings. The number of hydrogen-bond donors (Lipinski definition) is 2. The lowest BCUT2D eigenvalue weighted by Gasteiger charge is -2.08. The lowest BCUT2D eigenvalue weighted by Crippen LogP contribution is -2.24. The predicted octanol–water partition coefficient (Wildman–Crippen LogP) is 2.09. The lowest BCUT2D eigenvalue weighted by atomic mass is 10.1. The smallest absolute Gasteiger partial charge is 0.131 e. The minimum absolute atomic E-state index is 0. The first-order valence-electron chi connectivity index (χ1n) is 5.53. The molecule has 2 N–H and O–H groups in total. The van der Waals surface area contributed by atoms with Gasteiger partial charge in [0.25, 0.3) is 0 Å². The van der Waals surface area contributed by atoms with E-state index in [4.69, 9.17) is 16.7 Å². The molecule has 1 heterocycles. The van der Waals surface area contributed by atoms with E-state index in [1.165, 1.54) is 0 Å². The molecule has 6 heteroatoms. The lowest BCUT2D eigenvalue weighted by molar-refractivity contribution is 0.191. The Labute approximate surface area is 114 Å². The number of aromatic nitrogens is 2. The summed E-state index contributed by atoms with van der Waals surface area (Å²) in [7, 11) is 1.84. The van der Waals surface area contributed by atoms with Crippen LogP contribution in [0.5, 0.6) is 0 Å². The SMILES string of the molecule is CC(O)CNCc1c(C(C)C)nn(C)c1Cl.Cl. The molecule has 0 radical (unpaired) electrons. The molecule has 17 heavy (non-hydrogen) atoms. The Kier molecular flexibility index (Phi) is 7.09. The van der Waals surface area contributed by atoms with Crippen molar-refractivity contribution < 1.29 is 5.11 Å². The molecule has 1 atom stereocenters. The second-order valence-corrected chi connectivity index (χ2v) is 4.77. The number of rotatable bonds is 5. The summed E-state index contributed by atoms with van der Waals surface area (Å²) in [5.41, 5.74) is 2.05. The van der Waals surface area contributed by atoms with Gasteiger partial charge < -0.3 is 10.4 Å². The van der Waals surface area contributed by atoms with Gasteiger partial charge in [-0.2, -0.15) is 5.10 Å². The molecule has 1 aromatic heterocycles. The number of nitrogens with zero attached hydrogens (tertiary/aromatic N) is 2. The van der Waals surface area contributed by atoms with Crippen LogP contribution in [-0.2, 0) is 13.6 Å². The zero-order valence-corrected chi connectivity index (χ0v) is 12.3. The average molecular weight is 282 g/mol. The molecule has 100 valence electrons. The molecule has 1 aromatic rings. The van der Waals surface area contributed by atoms with E-state index in [0.29, 0.717) is 24.2 Å². The summed E-state index contributed by atoms with van der Waals surface area (Å²) in [6.07, 6.45) is -0.349. The fraction of sp³-hybridized carbons (Fsp3) is 0.727. The van der Waals surface area contributed by atoms with Crippen LogP contribution in [0.15, 0.2) is 0 Å². The van der Waals surface area contributed by atoms with E-state index in [0.717, 1.165) is 11.3 Å². The standard InChI is InChI=1S/C11H20ClN3O.ClH/c1-7(2)10-9(6-13-5-8(3)16)11(12)15(4)14-10;/h7-8,13,16H,5-6H2,1-4H3;1H. The summed E-state index contributed by atoms with van der Waals surface area (Å²) >= 11 is 6.17. The number of aryl methyl sites for hydroxylation is 1. The van der Waals surface area contributed by atoms with Gasteiger partial charge in [-0.15, -0.1) is 12.4 Å². The Balaban J connectivity index is 0.00000256. The van der Waals surface area contributed by atoms with Crippen molar-refractivity contribution in [3.05, 3.63) is 16.4 Å². The van der Waals surface area contributed by atoms with Crippen LogP contribution < -0.4 is 5.32 Å². The van der Waals surface area contributed by atoms with Crippen molar-refractivity contribution in [3.63, 3.8) is 0 Å². The van der Waals surface area contributed by atoms with Crippen LogP contribution in [0.2, 0.25) is 5.15 Å². The van der Waals surface area contributed by atoms with E-state index in [2.05, 4.69) is 24.3 Å². The maximum atomic E-state index is 9.17. The normalized spacial score (nSPS) is 12.6. The van der Waals surface area contributed by atoms with Crippen molar-refractivity contribution in [1.82, 2.24) is 15.1 Å². The summed E-state index contributed by atoms with van der Waals surface area (Å²) in [5, 5.41) is 17.4. The number of aliphatic hydroxyl groups is 1. The summed E-state index contributed by atoms with van der Waals surface area (Å²) in [6, 6.07) is 0. The van der Waals surface area contributed by atoms with Crippen LogP contribution in [0.4, 0.5) is 0 Å². The highest BCUT2D eigenvalue weighted by Crippen LogP contribution is 2.24. The van der Waals surface area contributed by atoms with E-state index in [1.807, 2.05) is 7.05 Å². The van der Waals surface area contributed by atoms with Crippen LogP contribution in [-0.4, -0.2) is 27.5 Å². The topological polar surface area (TPSA) is 50.1 Å². The van der Waals surface area contributed by atoms with Gasteiger partial charge in [0.1, 0.15) is 5.15 Å². The molecule has 0 aliphatic carbocycles. The van der Waals surface area contributed by atoms with Crippen LogP contribution in [0.1, 0.15) is 37.9 Å². The first kappa shape index (κ1) is 16.7. The Hall–Kier alpha value is -0.290. The van der Waals surface area contributed by atoms with Crippen molar-refractivity contribution in [2.75, 3.05) is 6.54 Å². The van der Waals surface area contributed by atoms with E-state index in [-0.39, 0.29) is 18.5 Å². The van der Waals surface area contributed by atoms with Crippen molar-refractivity contribution in [3.8, 4) is 0 Å². The third kappa shape index (κ3) is 4.47. The zero-order valence-electron chi connectivity index (χ0n) is 10.7. The first-order valence-corrected chi connectivity index (χ1v) is 5.91. The van der Waals surface area contributed by atoms with Gasteiger partial charge in [0.15, 0.2) is 0 Å². The molecule has 4 nitrogen and oxygen atoms in total. The molecule has 0 saturated carbocycles. The van der Waals surface area contributed by atoms with Crippen molar-refractivity contribution in [2.45, 2.75) is 39.3 Å². The van der Waals surface area contributed by atoms with Gasteiger partial charge in [-0.1, -0.05) is 25.4 Å². The highest BCUT2D eigenvalue weighted by atomic mass is 35.5. The highest BCUT2D eigenvalue weighted by Gasteiger charge is 2.16. The Morgan fingerprint density at radius 1 is 1.41 bits per heavy atom. The Morgan fingerprint density at radius 2 is 2.00 bits per heavy atom. The summed E-state index contributed by atoms with van der Waals surface area (Å²) in [6.45, 7) is 7.14. The molecular weight excluding hydrogens is 261 g/mol. The van der Waals surface area contributed by atoms with Gasteiger partial charge in [-0.3, -0.25) is 4.68 Å². The molecule has 0 amide bonds. The number of nitrogens with one attached hydrogen (secondary N) is 1. The highest BCUT2D eigenvalue weighted by molar-refractivity contribution is 6.30. The van der Waals surface area contributed by atoms with Gasteiger partial charge in [-0.25, -0.2) is 0 Å². The molecule has 0 aromatic carbocycles. The zero-order chi connectivity index (χ0) is 12.3. The maximum absolute atomic E-state index is 9.17. The second kappa shape index (κ2) is 7.21. The second-order valence-electron chi connectivity index (χ2n) is 4.41. The van der Waals surface area contributed by atoms with Gasteiger partial charge >= 0.3 is 0 Å². The average Bonchev–Trinajstić information content (AvgIpc) is 2.45. The van der Waals surface area contributed by atoms with Crippen LogP contribution in [0.25, 0.3) is 0 Å². The molecule has 1 unspecified atom stereocenters. The van der Waals surface area contributed by atoms with E-state index >= 15 is 0 Å². The largest absolute Gasteiger partial charge is 0.392 e. The van der Waals surface area contributed by atoms with Gasteiger partial charge in [0.05, 0.1) is 11.8 Å². The van der Waals surface area contributed by atoms with Gasteiger partial charge in [-0.05, 0) is 12.8 Å². The molecular formula is C11H21Cl2N3O. The minimum Gasteiger partial charge on any atom is -0.392 e. The fourth-order valence-corrected chi connectivity index (χ4v) is 1.80. The Morgan fingerprint density at radius 3 is 2.47 bits per heavy atom. The van der Waals surface area contributed by atoms with Crippen molar-refractivity contribution in [2.24, 2.45) is 7.05 Å². The summed E-state index contributed by atoms with van der Waals surface area (Å²) in [4.78, 5) is 0. The van der Waals surface area contributed by atoms with Crippen LogP contribution in [0.3, 0.4) is 0 Å². The Bertz CT molecular complexity index is 351. The number of halogens is 2. The van der Waals surface area contributed by atoms with E-state index in [9.17, 15) is 0 Å². The molecule has 0 aliphatic heterocycles. The van der Waals surface area contributed by atoms with E-state index < -0.39 is 0 Å². The van der Waals surface area contributed by atoms with Crippen molar-refractivity contribution in [1.29, 1.82) is 0 Å². The van der Waals surface area contributed by atoms with Crippen molar-refractivity contribution >= 4 is 24.0 Å². The third-order valence-electron chi connectivity index (χ3n) is 2.39. The van der Waals surface area contributed by atoms with Gasteiger partial charge in [0.2, 0.25) is 0 Å². The minimum atomic E-state index is -0.349. The predicted molar refractivity (Wildman–Crippen MR) is 72.9 cm³/mol. The van der Waals surface area contributed by atoms with Crippen LogP contribution in [0, 0.1) is 0 Å². The van der Waals surface area contributed by atoms with Gasteiger partial charge in [0, 0.05) is 25.7 Å². The number of hydrogen-bond acceptors (Lipinski definition) is 3. The monoisotopic (exact) mass is 281 g/mol. The van der Waals surface area contributed by atoms with E-state index in [1.54, 1.807) is 11.6 Å². The summed E-state index contributed by atoms with van der Waals surface area (Å²) in [5.74, 6) is 0.349. The maximum Gasteiger partial charge on any atom is 0.131 e. The quantitative estimate of drug-likeness (QED) is 0.869. The van der Waals surface area contributed by atoms with Crippen LogP contribution >= 0.6 is 24.0 Å². The number of aliphatic hydroxyl groups excluding tert-OH is 1. The molecule has 0 aliphatic rings.